The van der Waals surface area contributed by atoms with Crippen LogP contribution in [0.15, 0.2) is 48.7 Å². The lowest BCUT2D eigenvalue weighted by atomic mass is 10.2. The van der Waals surface area contributed by atoms with Gasteiger partial charge in [0.25, 0.3) is 5.69 Å². The number of nitrogens with zero attached hydrogens (tertiary/aromatic N) is 1. The van der Waals surface area contributed by atoms with Gasteiger partial charge in [-0.15, -0.1) is 0 Å². The number of hydrogen-bond donors (Lipinski definition) is 2. The van der Waals surface area contributed by atoms with E-state index in [1.807, 2.05) is 6.07 Å². The van der Waals surface area contributed by atoms with Crippen molar-refractivity contribution >= 4 is 35.1 Å². The van der Waals surface area contributed by atoms with Crippen LogP contribution in [-0.2, 0) is 0 Å². The van der Waals surface area contributed by atoms with Crippen LogP contribution in [0.3, 0.4) is 0 Å². The quantitative estimate of drug-likeness (QED) is 0.630. The van der Waals surface area contributed by atoms with Crippen LogP contribution < -0.4 is 15.4 Å². The molecule has 0 aliphatic heterocycles. The highest BCUT2D eigenvalue weighted by atomic mass is 35.5. The van der Waals surface area contributed by atoms with Crippen molar-refractivity contribution in [2.45, 2.75) is 0 Å². The summed E-state index contributed by atoms with van der Waals surface area (Å²) >= 11 is 5.87. The number of nitro groups is 1. The minimum absolute atomic E-state index is 0.126. The number of ether oxygens (including phenoxy) is 1. The number of urea groups is 1. The zero-order chi connectivity index (χ0) is 17.5. The molecule has 8 heteroatoms. The molecular formula is C16H14ClN3O4. The number of amides is 2. The number of nitro benzene ring substituents is 1. The van der Waals surface area contributed by atoms with Crippen molar-refractivity contribution in [2.75, 3.05) is 12.4 Å². The molecule has 2 aromatic carbocycles. The smallest absolute Gasteiger partial charge is 0.323 e. The molecule has 0 atom stereocenters. The van der Waals surface area contributed by atoms with Crippen molar-refractivity contribution in [1.29, 1.82) is 0 Å². The Morgan fingerprint density at radius 1 is 1.29 bits per heavy atom. The fourth-order valence-corrected chi connectivity index (χ4v) is 2.08. The van der Waals surface area contributed by atoms with Crippen molar-refractivity contribution in [1.82, 2.24) is 5.32 Å². The molecule has 124 valence electrons. The summed E-state index contributed by atoms with van der Waals surface area (Å²) in [4.78, 5) is 22.1. The van der Waals surface area contributed by atoms with Crippen LogP contribution in [0, 0.1) is 10.1 Å². The highest BCUT2D eigenvalue weighted by Crippen LogP contribution is 2.28. The SMILES string of the molecule is COc1cc([N+](=O)[O-])ccc1NC(=O)N/C=C/c1cccc(Cl)c1. The molecule has 0 saturated heterocycles. The second kappa shape index (κ2) is 7.98. The Morgan fingerprint density at radius 3 is 2.75 bits per heavy atom. The molecule has 0 spiro atoms. The first-order valence-electron chi connectivity index (χ1n) is 6.81. The normalized spacial score (nSPS) is 10.4. The van der Waals surface area contributed by atoms with Crippen molar-refractivity contribution in [2.24, 2.45) is 0 Å². The summed E-state index contributed by atoms with van der Waals surface area (Å²) in [5.74, 6) is 0.193. The predicted molar refractivity (Wildman–Crippen MR) is 92.3 cm³/mol. The van der Waals surface area contributed by atoms with Gasteiger partial charge >= 0.3 is 6.03 Å². The van der Waals surface area contributed by atoms with Crippen molar-refractivity contribution in [3.8, 4) is 5.75 Å². The average molecular weight is 348 g/mol. The third-order valence-electron chi connectivity index (χ3n) is 2.98. The van der Waals surface area contributed by atoms with Gasteiger partial charge in [0.2, 0.25) is 0 Å². The van der Waals surface area contributed by atoms with E-state index in [1.54, 1.807) is 24.3 Å². The summed E-state index contributed by atoms with van der Waals surface area (Å²) in [6.45, 7) is 0. The molecule has 0 saturated carbocycles. The van der Waals surface area contributed by atoms with E-state index in [9.17, 15) is 14.9 Å². The molecule has 0 aliphatic carbocycles. The zero-order valence-corrected chi connectivity index (χ0v) is 13.4. The van der Waals surface area contributed by atoms with Crippen LogP contribution in [0.2, 0.25) is 5.02 Å². The molecule has 0 heterocycles. The number of non-ortho nitro benzene ring substituents is 1. The van der Waals surface area contributed by atoms with Gasteiger partial charge in [-0.05, 0) is 29.8 Å². The third-order valence-corrected chi connectivity index (χ3v) is 3.22. The van der Waals surface area contributed by atoms with Gasteiger partial charge in [0.1, 0.15) is 5.75 Å². The van der Waals surface area contributed by atoms with Crippen LogP contribution in [0.25, 0.3) is 6.08 Å². The number of anilines is 1. The van der Waals surface area contributed by atoms with Gasteiger partial charge in [0.05, 0.1) is 23.8 Å². The summed E-state index contributed by atoms with van der Waals surface area (Å²) in [7, 11) is 1.36. The second-order valence-corrected chi connectivity index (χ2v) is 5.06. The van der Waals surface area contributed by atoms with E-state index in [-0.39, 0.29) is 11.4 Å². The molecule has 0 fully saturated rings. The van der Waals surface area contributed by atoms with Gasteiger partial charge in [0.15, 0.2) is 0 Å². The van der Waals surface area contributed by atoms with Crippen LogP contribution >= 0.6 is 11.6 Å². The molecular weight excluding hydrogens is 334 g/mol. The molecule has 0 aliphatic rings. The van der Waals surface area contributed by atoms with Gasteiger partial charge in [-0.1, -0.05) is 23.7 Å². The fraction of sp³-hybridized carbons (Fsp3) is 0.0625. The molecule has 24 heavy (non-hydrogen) atoms. The number of carbonyl (C=O) groups excluding carboxylic acids is 1. The minimum Gasteiger partial charge on any atom is -0.494 e. The third kappa shape index (κ3) is 4.72. The molecule has 7 nitrogen and oxygen atoms in total. The Kier molecular flexibility index (Phi) is 5.75. The number of nitrogens with one attached hydrogen (secondary N) is 2. The summed E-state index contributed by atoms with van der Waals surface area (Å²) in [5.41, 5.74) is 1.02. The lowest BCUT2D eigenvalue weighted by Crippen LogP contribution is -2.24. The predicted octanol–water partition coefficient (Wildman–Crippen LogP) is 4.05. The van der Waals surface area contributed by atoms with Crippen molar-refractivity contribution in [3.63, 3.8) is 0 Å². The van der Waals surface area contributed by atoms with Crippen LogP contribution in [0.5, 0.6) is 5.75 Å². The fourth-order valence-electron chi connectivity index (χ4n) is 1.88. The second-order valence-electron chi connectivity index (χ2n) is 4.63. The molecule has 2 rings (SSSR count). The molecule has 0 aromatic heterocycles. The average Bonchev–Trinajstić information content (AvgIpc) is 2.55. The Balaban J connectivity index is 2.00. The first-order valence-corrected chi connectivity index (χ1v) is 7.19. The van der Waals surface area contributed by atoms with Crippen molar-refractivity contribution < 1.29 is 14.5 Å². The summed E-state index contributed by atoms with van der Waals surface area (Å²) < 4.78 is 5.04. The van der Waals surface area contributed by atoms with Gasteiger partial charge in [-0.3, -0.25) is 10.1 Å². The topological polar surface area (TPSA) is 93.5 Å². The van der Waals surface area contributed by atoms with E-state index in [0.29, 0.717) is 10.7 Å². The molecule has 0 radical (unpaired) electrons. The number of halogens is 1. The maximum atomic E-state index is 11.9. The lowest BCUT2D eigenvalue weighted by Gasteiger charge is -2.09. The number of carbonyl (C=O) groups is 1. The zero-order valence-electron chi connectivity index (χ0n) is 12.7. The van der Waals surface area contributed by atoms with E-state index < -0.39 is 11.0 Å². The molecule has 2 amide bonds. The first kappa shape index (κ1) is 17.3. The summed E-state index contributed by atoms with van der Waals surface area (Å²) in [5, 5.41) is 16.4. The molecule has 0 bridgehead atoms. The summed E-state index contributed by atoms with van der Waals surface area (Å²) in [6.07, 6.45) is 3.14. The van der Waals surface area contributed by atoms with Gasteiger partial charge < -0.3 is 15.4 Å². The highest BCUT2D eigenvalue weighted by molar-refractivity contribution is 6.30. The largest absolute Gasteiger partial charge is 0.494 e. The van der Waals surface area contributed by atoms with Crippen LogP contribution in [-0.4, -0.2) is 18.1 Å². The maximum Gasteiger partial charge on any atom is 0.323 e. The number of hydrogen-bond acceptors (Lipinski definition) is 4. The number of methoxy groups -OCH3 is 1. The number of rotatable bonds is 5. The lowest BCUT2D eigenvalue weighted by molar-refractivity contribution is -0.384. The maximum absolute atomic E-state index is 11.9. The van der Waals surface area contributed by atoms with Gasteiger partial charge in [0, 0.05) is 17.3 Å². The Morgan fingerprint density at radius 2 is 2.08 bits per heavy atom. The number of benzene rings is 2. The van der Waals surface area contributed by atoms with E-state index in [0.717, 1.165) is 5.56 Å². The van der Waals surface area contributed by atoms with Crippen LogP contribution in [0.4, 0.5) is 16.2 Å². The molecule has 2 aromatic rings. The van der Waals surface area contributed by atoms with Gasteiger partial charge in [-0.2, -0.15) is 0 Å². The minimum atomic E-state index is -0.542. The summed E-state index contributed by atoms with van der Waals surface area (Å²) in [6, 6.07) is 10.5. The monoisotopic (exact) mass is 347 g/mol. The van der Waals surface area contributed by atoms with E-state index in [1.165, 1.54) is 31.5 Å². The Hall–Kier alpha value is -3.06. The standard InChI is InChI=1S/C16H14ClN3O4/c1-24-15-10-13(20(22)23)5-6-14(15)19-16(21)18-8-7-11-3-2-4-12(17)9-11/h2-10H,1H3,(H2,18,19,21)/b8-7+. The van der Waals surface area contributed by atoms with Crippen molar-refractivity contribution in [3.05, 3.63) is 69.4 Å². The van der Waals surface area contributed by atoms with E-state index >= 15 is 0 Å². The molecule has 0 unspecified atom stereocenters. The molecule has 2 N–H and O–H groups in total. The van der Waals surface area contributed by atoms with E-state index in [4.69, 9.17) is 16.3 Å². The Labute approximate surface area is 143 Å². The van der Waals surface area contributed by atoms with E-state index in [2.05, 4.69) is 10.6 Å². The first-order chi connectivity index (χ1) is 11.5. The van der Waals surface area contributed by atoms with Gasteiger partial charge in [-0.25, -0.2) is 4.79 Å². The Bertz CT molecular complexity index is 793. The highest BCUT2D eigenvalue weighted by Gasteiger charge is 2.12. The van der Waals surface area contributed by atoms with Crippen LogP contribution in [0.1, 0.15) is 5.56 Å².